The zero-order valence-electron chi connectivity index (χ0n) is 18.5. The fourth-order valence-electron chi connectivity index (χ4n) is 3.92. The zero-order chi connectivity index (χ0) is 25.4. The van der Waals surface area contributed by atoms with E-state index in [0.29, 0.717) is 21.2 Å². The molecule has 35 heavy (non-hydrogen) atoms. The summed E-state index contributed by atoms with van der Waals surface area (Å²) in [5, 5.41) is 52.6. The van der Waals surface area contributed by atoms with Crippen molar-refractivity contribution in [3.8, 4) is 11.5 Å². The molecule has 2 aromatic carbocycles. The summed E-state index contributed by atoms with van der Waals surface area (Å²) in [7, 11) is 1.37. The van der Waals surface area contributed by atoms with Crippen molar-refractivity contribution < 1.29 is 39.4 Å². The molecule has 3 aromatic rings. The van der Waals surface area contributed by atoms with Gasteiger partial charge in [-0.1, -0.05) is 15.9 Å². The highest BCUT2D eigenvalue weighted by molar-refractivity contribution is 9.10. The van der Waals surface area contributed by atoms with E-state index >= 15 is 0 Å². The van der Waals surface area contributed by atoms with Gasteiger partial charge in [0.25, 0.3) is 0 Å². The third-order valence-corrected chi connectivity index (χ3v) is 6.31. The average Bonchev–Trinajstić information content (AvgIpc) is 2.80. The summed E-state index contributed by atoms with van der Waals surface area (Å²) in [6.45, 7) is -0.0196. The molecule has 0 atom stereocenters. The molecule has 0 saturated carbocycles. The fraction of sp³-hybridized carbons (Fsp3) is 0.364. The lowest BCUT2D eigenvalue weighted by atomic mass is 9.94. The first-order valence-corrected chi connectivity index (χ1v) is 11.4. The highest BCUT2D eigenvalue weighted by atomic mass is 79.9. The molecule has 1 aliphatic rings. The van der Waals surface area contributed by atoms with E-state index in [1.54, 1.807) is 12.1 Å². The fourth-order valence-corrected chi connectivity index (χ4v) is 4.26. The molecule has 0 radical (unpaired) electrons. The number of piperidine rings is 1. The minimum atomic E-state index is -2.98. The number of benzene rings is 2. The van der Waals surface area contributed by atoms with Crippen molar-refractivity contribution >= 4 is 38.3 Å². The minimum absolute atomic E-state index is 0.00674. The van der Waals surface area contributed by atoms with Crippen LogP contribution in [0.5, 0.6) is 11.5 Å². The Balaban J connectivity index is 1.59. The summed E-state index contributed by atoms with van der Waals surface area (Å²) < 4.78 is 25.8. The number of hydrogen-bond donors (Lipinski definition) is 6. The Kier molecular flexibility index (Phi) is 7.11. The smallest absolute Gasteiger partial charge is 0.345 e. The van der Waals surface area contributed by atoms with E-state index in [2.05, 4.69) is 31.2 Å². The average molecular weight is 555 g/mol. The molecule has 1 fully saturated rings. The van der Waals surface area contributed by atoms with Gasteiger partial charge in [0.05, 0.1) is 24.2 Å². The predicted molar refractivity (Wildman–Crippen MR) is 125 cm³/mol. The molecule has 2 heterocycles. The largest absolute Gasteiger partial charge is 0.493 e. The molecule has 1 aromatic heterocycles. The third-order valence-electron chi connectivity index (χ3n) is 5.82. The molecule has 0 bridgehead atoms. The van der Waals surface area contributed by atoms with Gasteiger partial charge >= 0.3 is 12.1 Å². The summed E-state index contributed by atoms with van der Waals surface area (Å²) in [5.74, 6) is -3.47. The quantitative estimate of drug-likeness (QED) is 0.235. The number of nitrogens with zero attached hydrogens (tertiary/aromatic N) is 3. The van der Waals surface area contributed by atoms with Crippen LogP contribution in [0.1, 0.15) is 12.8 Å². The molecule has 13 heteroatoms. The molecule has 0 unspecified atom stereocenters. The van der Waals surface area contributed by atoms with Crippen LogP contribution in [0.25, 0.3) is 10.9 Å². The van der Waals surface area contributed by atoms with Crippen LogP contribution >= 0.6 is 15.9 Å². The van der Waals surface area contributed by atoms with E-state index < -0.39 is 23.8 Å². The van der Waals surface area contributed by atoms with E-state index in [9.17, 15) is 29.9 Å². The first kappa shape index (κ1) is 25.4. The molecule has 0 amide bonds. The van der Waals surface area contributed by atoms with Gasteiger partial charge in [0.1, 0.15) is 18.0 Å². The van der Waals surface area contributed by atoms with Gasteiger partial charge in [0.15, 0.2) is 11.5 Å². The van der Waals surface area contributed by atoms with Gasteiger partial charge in [-0.3, -0.25) is 0 Å². The standard InChI is InChI=1S/C22H24BrFN4O7/c1-34-18-9-14-17(25-11-26-20(14)27-16-3-2-13(23)8-15(16)24)10-19(18)35-21(29,30)12-4-6-28(7-5-12)22(31,32)33/h2-3,8-12,29-33H,4-7H2,1H3,(H,25,26,27). The molecule has 1 saturated heterocycles. The first-order chi connectivity index (χ1) is 16.5. The monoisotopic (exact) mass is 554 g/mol. The summed E-state index contributed by atoms with van der Waals surface area (Å²) >= 11 is 3.21. The third kappa shape index (κ3) is 5.62. The maximum absolute atomic E-state index is 14.3. The summed E-state index contributed by atoms with van der Waals surface area (Å²) in [5.41, 5.74) is 0.563. The van der Waals surface area contributed by atoms with Crippen LogP contribution in [0, 0.1) is 11.7 Å². The van der Waals surface area contributed by atoms with Gasteiger partial charge in [-0.05, 0) is 37.1 Å². The van der Waals surface area contributed by atoms with Gasteiger partial charge < -0.3 is 40.3 Å². The number of aliphatic hydroxyl groups is 5. The number of aromatic nitrogens is 2. The van der Waals surface area contributed by atoms with Crippen molar-refractivity contribution in [3.63, 3.8) is 0 Å². The van der Waals surface area contributed by atoms with Crippen LogP contribution in [0.3, 0.4) is 0 Å². The Morgan fingerprint density at radius 3 is 2.40 bits per heavy atom. The van der Waals surface area contributed by atoms with Crippen molar-refractivity contribution in [2.75, 3.05) is 25.5 Å². The van der Waals surface area contributed by atoms with Crippen LogP contribution < -0.4 is 14.8 Å². The number of rotatable bonds is 7. The van der Waals surface area contributed by atoms with E-state index in [0.717, 1.165) is 4.90 Å². The number of hydrogen-bond acceptors (Lipinski definition) is 11. The van der Waals surface area contributed by atoms with Crippen molar-refractivity contribution in [1.82, 2.24) is 14.9 Å². The Labute approximate surface area is 207 Å². The van der Waals surface area contributed by atoms with Crippen LogP contribution in [0.2, 0.25) is 0 Å². The Bertz CT molecular complexity index is 1220. The number of likely N-dealkylation sites (tertiary alicyclic amines) is 1. The Hall–Kier alpha value is -2.65. The van der Waals surface area contributed by atoms with Crippen molar-refractivity contribution in [1.29, 1.82) is 0 Å². The van der Waals surface area contributed by atoms with E-state index in [1.807, 2.05) is 0 Å². The van der Waals surface area contributed by atoms with Crippen LogP contribution in [-0.2, 0) is 0 Å². The Morgan fingerprint density at radius 1 is 1.06 bits per heavy atom. The maximum atomic E-state index is 14.3. The van der Waals surface area contributed by atoms with Gasteiger partial charge in [0, 0.05) is 29.0 Å². The number of ether oxygens (including phenoxy) is 2. The molecule has 0 spiro atoms. The molecule has 1 aliphatic heterocycles. The molecule has 6 N–H and O–H groups in total. The number of nitrogens with one attached hydrogen (secondary N) is 1. The molecule has 188 valence electrons. The molecule has 11 nitrogen and oxygen atoms in total. The number of halogens is 2. The summed E-state index contributed by atoms with van der Waals surface area (Å²) in [4.78, 5) is 9.36. The van der Waals surface area contributed by atoms with Crippen molar-refractivity contribution in [2.24, 2.45) is 5.92 Å². The molecule has 0 aliphatic carbocycles. The first-order valence-electron chi connectivity index (χ1n) is 10.6. The van der Waals surface area contributed by atoms with Crippen molar-refractivity contribution in [3.05, 3.63) is 46.9 Å². The number of anilines is 2. The Morgan fingerprint density at radius 2 is 1.77 bits per heavy atom. The zero-order valence-corrected chi connectivity index (χ0v) is 20.1. The van der Waals surface area contributed by atoms with Crippen LogP contribution in [0.15, 0.2) is 41.1 Å². The normalized spacial score (nSPS) is 15.9. The number of fused-ring (bicyclic) bond motifs is 1. The van der Waals surface area contributed by atoms with Crippen molar-refractivity contribution in [2.45, 2.75) is 24.9 Å². The highest BCUT2D eigenvalue weighted by Crippen LogP contribution is 2.39. The van der Waals surface area contributed by atoms with Gasteiger partial charge in [-0.15, -0.1) is 0 Å². The van der Waals surface area contributed by atoms with Crippen LogP contribution in [0.4, 0.5) is 15.9 Å². The topological polar surface area (TPSA) is 161 Å². The van der Waals surface area contributed by atoms with E-state index in [-0.39, 0.29) is 43.1 Å². The lowest BCUT2D eigenvalue weighted by molar-refractivity contribution is -0.402. The second-order valence-electron chi connectivity index (χ2n) is 8.11. The van der Waals surface area contributed by atoms with Gasteiger partial charge in [-0.25, -0.2) is 19.3 Å². The molecular formula is C22H24BrFN4O7. The SMILES string of the molecule is COc1cc2c(Nc3ccc(Br)cc3F)ncnc2cc1OC(O)(O)C1CCN(C(O)(O)O)CC1. The lowest BCUT2D eigenvalue weighted by Crippen LogP contribution is -2.55. The minimum Gasteiger partial charge on any atom is -0.493 e. The van der Waals surface area contributed by atoms with Gasteiger partial charge in [-0.2, -0.15) is 0 Å². The van der Waals surface area contributed by atoms with E-state index in [1.165, 1.54) is 31.6 Å². The summed E-state index contributed by atoms with van der Waals surface area (Å²) in [6, 6.07) is 7.51. The second kappa shape index (κ2) is 9.78. The predicted octanol–water partition coefficient (Wildman–Crippen LogP) is 1.60. The molecular weight excluding hydrogens is 531 g/mol. The lowest BCUT2D eigenvalue weighted by Gasteiger charge is -2.40. The van der Waals surface area contributed by atoms with E-state index in [4.69, 9.17) is 9.47 Å². The second-order valence-corrected chi connectivity index (χ2v) is 9.03. The highest BCUT2D eigenvalue weighted by Gasteiger charge is 2.43. The van der Waals surface area contributed by atoms with Gasteiger partial charge in [0.2, 0.25) is 0 Å². The van der Waals surface area contributed by atoms with Crippen LogP contribution in [-0.4, -0.2) is 72.7 Å². The summed E-state index contributed by atoms with van der Waals surface area (Å²) in [6.07, 6.45) is -1.52. The molecule has 4 rings (SSSR count). The maximum Gasteiger partial charge on any atom is 0.345 e. The number of methoxy groups -OCH3 is 1.